The molecule has 0 aliphatic carbocycles. The van der Waals surface area contributed by atoms with Crippen molar-refractivity contribution in [2.45, 2.75) is 26.7 Å². The average Bonchev–Trinajstić information content (AvgIpc) is 2.03. The van der Waals surface area contributed by atoms with Gasteiger partial charge in [-0.1, -0.05) is 32.1 Å². The molecule has 1 rings (SSSR count). The second-order valence-electron chi connectivity index (χ2n) is 3.67. The van der Waals surface area contributed by atoms with E-state index in [9.17, 15) is 4.39 Å². The molecule has 0 aromatic heterocycles. The molecule has 1 heteroatoms. The molecule has 0 saturated carbocycles. The number of allylic oxidation sites excluding steroid dienone is 1. The maximum absolute atomic E-state index is 12.9. The van der Waals surface area contributed by atoms with Gasteiger partial charge in [-0.2, -0.15) is 0 Å². The Morgan fingerprint density at radius 1 is 1.38 bits per heavy atom. The number of benzene rings is 1. The molecule has 0 amide bonds. The Bertz CT molecular complexity index is 324. The molecular formula is C12H15F. The lowest BCUT2D eigenvalue weighted by Gasteiger charge is -2.12. The summed E-state index contributed by atoms with van der Waals surface area (Å²) in [6, 6.07) is 4.87. The van der Waals surface area contributed by atoms with Gasteiger partial charge in [0.2, 0.25) is 0 Å². The van der Waals surface area contributed by atoms with Crippen molar-refractivity contribution in [3.05, 3.63) is 41.7 Å². The van der Waals surface area contributed by atoms with Crippen LogP contribution in [0, 0.1) is 5.82 Å². The lowest BCUT2D eigenvalue weighted by atomic mass is 9.94. The van der Waals surface area contributed by atoms with Crippen molar-refractivity contribution < 1.29 is 4.39 Å². The summed E-state index contributed by atoms with van der Waals surface area (Å²) in [5.41, 5.74) is 3.09. The zero-order valence-electron chi connectivity index (χ0n) is 8.39. The van der Waals surface area contributed by atoms with Crippen LogP contribution in [0.2, 0.25) is 0 Å². The number of hydrogen-bond donors (Lipinski definition) is 0. The van der Waals surface area contributed by atoms with Gasteiger partial charge in [-0.3, -0.25) is 0 Å². The van der Waals surface area contributed by atoms with E-state index in [1.54, 1.807) is 12.1 Å². The van der Waals surface area contributed by atoms with E-state index < -0.39 is 0 Å². The van der Waals surface area contributed by atoms with Gasteiger partial charge in [-0.15, -0.1) is 0 Å². The van der Waals surface area contributed by atoms with Crippen LogP contribution in [0.15, 0.2) is 24.8 Å². The van der Waals surface area contributed by atoms with Crippen LogP contribution in [0.1, 0.15) is 37.8 Å². The van der Waals surface area contributed by atoms with Crippen LogP contribution in [0.4, 0.5) is 4.39 Å². The molecule has 1 aromatic carbocycles. The highest BCUT2D eigenvalue weighted by molar-refractivity contribution is 5.65. The lowest BCUT2D eigenvalue weighted by molar-refractivity contribution is 0.623. The third-order valence-corrected chi connectivity index (χ3v) is 2.10. The minimum absolute atomic E-state index is 0.173. The first-order chi connectivity index (χ1) is 6.02. The molecule has 0 aliphatic heterocycles. The summed E-state index contributed by atoms with van der Waals surface area (Å²) in [5.74, 6) is 0.163. The lowest BCUT2D eigenvalue weighted by Crippen LogP contribution is -1.95. The van der Waals surface area contributed by atoms with E-state index in [1.165, 1.54) is 6.07 Å². The van der Waals surface area contributed by atoms with Crippen LogP contribution in [0.3, 0.4) is 0 Å². The number of halogens is 1. The summed E-state index contributed by atoms with van der Waals surface area (Å²) in [6.45, 7) is 9.93. The van der Waals surface area contributed by atoms with Crippen molar-refractivity contribution in [3.8, 4) is 0 Å². The van der Waals surface area contributed by atoms with Gasteiger partial charge < -0.3 is 0 Å². The number of hydrogen-bond acceptors (Lipinski definition) is 0. The summed E-state index contributed by atoms with van der Waals surface area (Å²) >= 11 is 0. The van der Waals surface area contributed by atoms with E-state index in [-0.39, 0.29) is 5.82 Å². The van der Waals surface area contributed by atoms with Crippen LogP contribution in [0.5, 0.6) is 0 Å². The fourth-order valence-corrected chi connectivity index (χ4v) is 1.40. The second-order valence-corrected chi connectivity index (χ2v) is 3.67. The molecule has 0 unspecified atom stereocenters. The van der Waals surface area contributed by atoms with Gasteiger partial charge in [0, 0.05) is 0 Å². The molecule has 0 N–H and O–H groups in total. The Morgan fingerprint density at radius 3 is 2.46 bits per heavy atom. The predicted octanol–water partition coefficient (Wildman–Crippen LogP) is 3.98. The minimum atomic E-state index is -0.173. The molecule has 0 bridgehead atoms. The van der Waals surface area contributed by atoms with Crippen molar-refractivity contribution in [1.82, 2.24) is 0 Å². The number of rotatable bonds is 2. The Hall–Kier alpha value is -1.11. The Kier molecular flexibility index (Phi) is 2.86. The minimum Gasteiger partial charge on any atom is -0.207 e. The quantitative estimate of drug-likeness (QED) is 0.642. The molecule has 0 heterocycles. The summed E-state index contributed by atoms with van der Waals surface area (Å²) in [5, 5.41) is 0. The standard InChI is InChI=1S/C12H15F/c1-8(2)11-6-5-10(13)7-12(11)9(3)4/h5-7,9H,1H2,2-4H3. The summed E-state index contributed by atoms with van der Waals surface area (Å²) in [4.78, 5) is 0. The third kappa shape index (κ3) is 2.18. The van der Waals surface area contributed by atoms with Gasteiger partial charge in [-0.05, 0) is 36.1 Å². The van der Waals surface area contributed by atoms with E-state index in [1.807, 2.05) is 6.92 Å². The molecule has 0 radical (unpaired) electrons. The fourth-order valence-electron chi connectivity index (χ4n) is 1.40. The molecule has 0 atom stereocenters. The highest BCUT2D eigenvalue weighted by Crippen LogP contribution is 2.25. The van der Waals surface area contributed by atoms with Crippen LogP contribution < -0.4 is 0 Å². The molecule has 0 fully saturated rings. The van der Waals surface area contributed by atoms with Gasteiger partial charge >= 0.3 is 0 Å². The van der Waals surface area contributed by atoms with Crippen molar-refractivity contribution in [1.29, 1.82) is 0 Å². The molecule has 0 nitrogen and oxygen atoms in total. The zero-order chi connectivity index (χ0) is 10.0. The van der Waals surface area contributed by atoms with E-state index in [0.717, 1.165) is 16.7 Å². The van der Waals surface area contributed by atoms with Crippen molar-refractivity contribution in [3.63, 3.8) is 0 Å². The SMILES string of the molecule is C=C(C)c1ccc(F)cc1C(C)C. The molecule has 0 aliphatic rings. The van der Waals surface area contributed by atoms with Crippen LogP contribution in [-0.2, 0) is 0 Å². The molecular weight excluding hydrogens is 163 g/mol. The summed E-state index contributed by atoms with van der Waals surface area (Å²) in [7, 11) is 0. The maximum Gasteiger partial charge on any atom is 0.123 e. The van der Waals surface area contributed by atoms with Gasteiger partial charge in [-0.25, -0.2) is 4.39 Å². The maximum atomic E-state index is 12.9. The molecule has 0 spiro atoms. The van der Waals surface area contributed by atoms with Crippen LogP contribution >= 0.6 is 0 Å². The summed E-state index contributed by atoms with van der Waals surface area (Å²) < 4.78 is 12.9. The van der Waals surface area contributed by atoms with Crippen LogP contribution in [-0.4, -0.2) is 0 Å². The predicted molar refractivity (Wildman–Crippen MR) is 55.2 cm³/mol. The molecule has 13 heavy (non-hydrogen) atoms. The highest BCUT2D eigenvalue weighted by Gasteiger charge is 2.07. The highest BCUT2D eigenvalue weighted by atomic mass is 19.1. The largest absolute Gasteiger partial charge is 0.207 e. The normalized spacial score (nSPS) is 10.5. The first kappa shape index (κ1) is 9.97. The van der Waals surface area contributed by atoms with Gasteiger partial charge in [0.15, 0.2) is 0 Å². The van der Waals surface area contributed by atoms with Crippen molar-refractivity contribution >= 4 is 5.57 Å². The van der Waals surface area contributed by atoms with E-state index in [2.05, 4.69) is 20.4 Å². The molecule has 0 saturated heterocycles. The van der Waals surface area contributed by atoms with Gasteiger partial charge in [0.1, 0.15) is 5.82 Å². The Labute approximate surface area is 79.1 Å². The Balaban J connectivity index is 3.26. The smallest absolute Gasteiger partial charge is 0.123 e. The van der Waals surface area contributed by atoms with E-state index in [0.29, 0.717) is 5.92 Å². The van der Waals surface area contributed by atoms with Crippen molar-refractivity contribution in [2.24, 2.45) is 0 Å². The monoisotopic (exact) mass is 178 g/mol. The van der Waals surface area contributed by atoms with Gasteiger partial charge in [0.25, 0.3) is 0 Å². The second kappa shape index (κ2) is 3.73. The topological polar surface area (TPSA) is 0 Å². The van der Waals surface area contributed by atoms with Crippen molar-refractivity contribution in [2.75, 3.05) is 0 Å². The van der Waals surface area contributed by atoms with E-state index in [4.69, 9.17) is 0 Å². The fraction of sp³-hybridized carbons (Fsp3) is 0.333. The van der Waals surface area contributed by atoms with Gasteiger partial charge in [0.05, 0.1) is 0 Å². The summed E-state index contributed by atoms with van der Waals surface area (Å²) in [6.07, 6.45) is 0. The van der Waals surface area contributed by atoms with E-state index >= 15 is 0 Å². The first-order valence-electron chi connectivity index (χ1n) is 4.47. The average molecular weight is 178 g/mol. The Morgan fingerprint density at radius 2 is 2.00 bits per heavy atom. The molecule has 70 valence electrons. The first-order valence-corrected chi connectivity index (χ1v) is 4.47. The zero-order valence-corrected chi connectivity index (χ0v) is 8.39. The third-order valence-electron chi connectivity index (χ3n) is 2.10. The van der Waals surface area contributed by atoms with Crippen LogP contribution in [0.25, 0.3) is 5.57 Å². The molecule has 1 aromatic rings.